The average Bonchev–Trinajstić information content (AvgIpc) is 3.11. The number of rotatable bonds is 8. The third-order valence-electron chi connectivity index (χ3n) is 11.5. The molecule has 4 aliphatic carbocycles. The highest BCUT2D eigenvalue weighted by molar-refractivity contribution is 5.38. The van der Waals surface area contributed by atoms with Crippen LogP contribution in [0.4, 0.5) is 0 Å². The fraction of sp³-hybridized carbons (Fsp3) is 0.900. The van der Waals surface area contributed by atoms with Crippen molar-refractivity contribution in [3.05, 3.63) is 11.6 Å². The van der Waals surface area contributed by atoms with Gasteiger partial charge in [-0.3, -0.25) is 4.79 Å². The molecule has 0 radical (unpaired) electrons. The van der Waals surface area contributed by atoms with E-state index in [1.54, 1.807) is 5.57 Å². The standard InChI is InChI=1S/C30H50O2/c1-7-22(20(2)3)9-8-21(4)26-12-13-27-25-11-10-23-18-24(32-19-31)14-16-29(23,5)28(25)15-17-30(26,27)6/h10,19-22,24-28H,7-9,11-18H2,1-6H3/t21-,22-,24+,25-,26+,27-,28-,29+,30-/m1/s1. The molecule has 0 amide bonds. The van der Waals surface area contributed by atoms with Crippen molar-refractivity contribution in [3.63, 3.8) is 0 Å². The Morgan fingerprint density at radius 1 is 1.06 bits per heavy atom. The first-order valence-corrected chi connectivity index (χ1v) is 14.0. The zero-order valence-electron chi connectivity index (χ0n) is 21.9. The molecule has 0 aromatic rings. The third kappa shape index (κ3) is 4.11. The van der Waals surface area contributed by atoms with Crippen LogP contribution in [0.25, 0.3) is 0 Å². The highest BCUT2D eigenvalue weighted by atomic mass is 16.5. The molecular weight excluding hydrogens is 392 g/mol. The normalized spacial score (nSPS) is 43.0. The van der Waals surface area contributed by atoms with Gasteiger partial charge < -0.3 is 4.74 Å². The molecule has 2 nitrogen and oxygen atoms in total. The lowest BCUT2D eigenvalue weighted by Crippen LogP contribution is -2.51. The number of fused-ring (bicyclic) bond motifs is 5. The van der Waals surface area contributed by atoms with Gasteiger partial charge in [-0.15, -0.1) is 0 Å². The SMILES string of the molecule is CC[C@H](CC[C@@H](C)[C@@H]1CC[C@@H]2[C@H]3CC=C4C[C@@H](OC=O)CC[C@]4(C)[C@@H]3CC[C@@]21C)C(C)C. The summed E-state index contributed by atoms with van der Waals surface area (Å²) in [6, 6.07) is 0. The molecule has 3 fully saturated rings. The van der Waals surface area contributed by atoms with E-state index < -0.39 is 0 Å². The maximum Gasteiger partial charge on any atom is 0.293 e. The topological polar surface area (TPSA) is 26.3 Å². The fourth-order valence-corrected chi connectivity index (χ4v) is 9.48. The van der Waals surface area contributed by atoms with E-state index in [0.717, 1.165) is 54.3 Å². The van der Waals surface area contributed by atoms with E-state index in [-0.39, 0.29) is 6.10 Å². The van der Waals surface area contributed by atoms with Gasteiger partial charge in [-0.1, -0.05) is 66.0 Å². The quantitative estimate of drug-likeness (QED) is 0.280. The Morgan fingerprint density at radius 2 is 1.84 bits per heavy atom. The summed E-state index contributed by atoms with van der Waals surface area (Å²) in [5.74, 6) is 6.16. The van der Waals surface area contributed by atoms with Gasteiger partial charge >= 0.3 is 0 Å². The lowest BCUT2D eigenvalue weighted by Gasteiger charge is -2.58. The van der Waals surface area contributed by atoms with Gasteiger partial charge in [-0.25, -0.2) is 0 Å². The first-order valence-electron chi connectivity index (χ1n) is 14.0. The van der Waals surface area contributed by atoms with Crippen LogP contribution >= 0.6 is 0 Å². The summed E-state index contributed by atoms with van der Waals surface area (Å²) < 4.78 is 5.38. The maximum absolute atomic E-state index is 10.9. The summed E-state index contributed by atoms with van der Waals surface area (Å²) in [5.41, 5.74) is 2.52. The monoisotopic (exact) mass is 442 g/mol. The molecular formula is C30H50O2. The van der Waals surface area contributed by atoms with Gasteiger partial charge in [0, 0.05) is 6.42 Å². The molecule has 9 atom stereocenters. The van der Waals surface area contributed by atoms with Crippen LogP contribution in [0, 0.1) is 52.3 Å². The molecule has 0 heterocycles. The number of carbonyl (C=O) groups excluding carboxylic acids is 1. The van der Waals surface area contributed by atoms with Crippen molar-refractivity contribution in [2.75, 3.05) is 0 Å². The number of ether oxygens (including phenoxy) is 1. The van der Waals surface area contributed by atoms with E-state index in [1.807, 2.05) is 0 Å². The fourth-order valence-electron chi connectivity index (χ4n) is 9.48. The first-order chi connectivity index (χ1) is 15.2. The van der Waals surface area contributed by atoms with Crippen LogP contribution in [0.2, 0.25) is 0 Å². The van der Waals surface area contributed by atoms with Gasteiger partial charge in [-0.2, -0.15) is 0 Å². The van der Waals surface area contributed by atoms with Crippen LogP contribution in [0.3, 0.4) is 0 Å². The predicted octanol–water partition coefficient (Wildman–Crippen LogP) is 8.21. The van der Waals surface area contributed by atoms with Crippen LogP contribution in [-0.4, -0.2) is 12.6 Å². The second-order valence-corrected chi connectivity index (χ2v) is 13.1. The molecule has 2 heteroatoms. The summed E-state index contributed by atoms with van der Waals surface area (Å²) in [6.45, 7) is 15.7. The second kappa shape index (κ2) is 9.46. The van der Waals surface area contributed by atoms with Crippen molar-refractivity contribution in [2.24, 2.45) is 52.3 Å². The van der Waals surface area contributed by atoms with Crippen LogP contribution < -0.4 is 0 Å². The zero-order chi connectivity index (χ0) is 23.1. The van der Waals surface area contributed by atoms with E-state index in [4.69, 9.17) is 4.74 Å². The summed E-state index contributed by atoms with van der Waals surface area (Å²) >= 11 is 0. The average molecular weight is 443 g/mol. The summed E-state index contributed by atoms with van der Waals surface area (Å²) in [4.78, 5) is 10.9. The maximum atomic E-state index is 10.9. The largest absolute Gasteiger partial charge is 0.464 e. The van der Waals surface area contributed by atoms with E-state index in [0.29, 0.717) is 17.3 Å². The minimum Gasteiger partial charge on any atom is -0.464 e. The smallest absolute Gasteiger partial charge is 0.293 e. The Hall–Kier alpha value is -0.790. The summed E-state index contributed by atoms with van der Waals surface area (Å²) in [6.07, 6.45) is 17.2. The van der Waals surface area contributed by atoms with Gasteiger partial charge in [0.15, 0.2) is 0 Å². The molecule has 0 saturated heterocycles. The van der Waals surface area contributed by atoms with E-state index >= 15 is 0 Å². The van der Waals surface area contributed by atoms with E-state index in [2.05, 4.69) is 47.6 Å². The van der Waals surface area contributed by atoms with Gasteiger partial charge in [0.05, 0.1) is 0 Å². The van der Waals surface area contributed by atoms with Crippen LogP contribution in [0.1, 0.15) is 112 Å². The lowest BCUT2D eigenvalue weighted by molar-refractivity contribution is -0.136. The Morgan fingerprint density at radius 3 is 2.53 bits per heavy atom. The lowest BCUT2D eigenvalue weighted by atomic mass is 9.47. The predicted molar refractivity (Wildman–Crippen MR) is 133 cm³/mol. The summed E-state index contributed by atoms with van der Waals surface area (Å²) in [7, 11) is 0. The van der Waals surface area contributed by atoms with Crippen LogP contribution in [-0.2, 0) is 9.53 Å². The molecule has 0 aliphatic heterocycles. The van der Waals surface area contributed by atoms with Crippen molar-refractivity contribution < 1.29 is 9.53 Å². The Balaban J connectivity index is 1.46. The van der Waals surface area contributed by atoms with Crippen molar-refractivity contribution in [1.29, 1.82) is 0 Å². The minimum atomic E-state index is 0.117. The van der Waals surface area contributed by atoms with Crippen LogP contribution in [0.15, 0.2) is 11.6 Å². The number of hydrogen-bond donors (Lipinski definition) is 0. The van der Waals surface area contributed by atoms with Crippen molar-refractivity contribution in [3.8, 4) is 0 Å². The number of carbonyl (C=O) groups is 1. The first kappa shape index (κ1) is 24.3. The van der Waals surface area contributed by atoms with Gasteiger partial charge in [0.2, 0.25) is 0 Å². The Labute approximate surface area is 198 Å². The third-order valence-corrected chi connectivity index (χ3v) is 11.5. The molecule has 0 aromatic heterocycles. The zero-order valence-corrected chi connectivity index (χ0v) is 21.9. The molecule has 0 spiro atoms. The highest BCUT2D eigenvalue weighted by Crippen LogP contribution is 2.67. The second-order valence-electron chi connectivity index (χ2n) is 13.1. The Kier molecular flexibility index (Phi) is 7.19. The summed E-state index contributed by atoms with van der Waals surface area (Å²) in [5, 5.41) is 0. The molecule has 4 rings (SSSR count). The van der Waals surface area contributed by atoms with Gasteiger partial charge in [0.1, 0.15) is 6.10 Å². The van der Waals surface area contributed by atoms with Gasteiger partial charge in [0.25, 0.3) is 6.47 Å². The molecule has 0 bridgehead atoms. The number of hydrogen-bond acceptors (Lipinski definition) is 2. The van der Waals surface area contributed by atoms with Crippen molar-refractivity contribution in [1.82, 2.24) is 0 Å². The minimum absolute atomic E-state index is 0.117. The van der Waals surface area contributed by atoms with E-state index in [9.17, 15) is 4.79 Å². The number of allylic oxidation sites excluding steroid dienone is 1. The van der Waals surface area contributed by atoms with E-state index in [1.165, 1.54) is 57.8 Å². The Bertz CT molecular complexity index is 695. The molecule has 4 aliphatic rings. The molecule has 182 valence electrons. The van der Waals surface area contributed by atoms with Gasteiger partial charge in [-0.05, 0) is 104 Å². The highest BCUT2D eigenvalue weighted by Gasteiger charge is 2.59. The molecule has 0 aromatic carbocycles. The van der Waals surface area contributed by atoms with Crippen molar-refractivity contribution in [2.45, 2.75) is 118 Å². The molecule has 32 heavy (non-hydrogen) atoms. The molecule has 0 N–H and O–H groups in total. The molecule has 3 saturated carbocycles. The molecule has 0 unspecified atom stereocenters. The van der Waals surface area contributed by atoms with Crippen LogP contribution in [0.5, 0.6) is 0 Å². The van der Waals surface area contributed by atoms with Crippen molar-refractivity contribution >= 4 is 6.47 Å².